The van der Waals surface area contributed by atoms with E-state index in [1.165, 1.54) is 22.7 Å². The van der Waals surface area contributed by atoms with Gasteiger partial charge in [0.1, 0.15) is 0 Å². The van der Waals surface area contributed by atoms with Crippen molar-refractivity contribution in [3.05, 3.63) is 0 Å². The Morgan fingerprint density at radius 1 is 1.37 bits per heavy atom. The third-order valence-corrected chi connectivity index (χ3v) is 5.55. The Balaban J connectivity index is 2.52. The van der Waals surface area contributed by atoms with E-state index in [-0.39, 0.29) is 17.9 Å². The van der Waals surface area contributed by atoms with Crippen molar-refractivity contribution in [1.82, 2.24) is 13.9 Å². The Kier molecular flexibility index (Phi) is 5.76. The summed E-state index contributed by atoms with van der Waals surface area (Å²) in [6.07, 6.45) is 2.09. The minimum atomic E-state index is -3.34. The maximum absolute atomic E-state index is 12.0. The molecule has 0 bridgehead atoms. The number of rotatable bonds is 5. The third kappa shape index (κ3) is 4.15. The van der Waals surface area contributed by atoms with Gasteiger partial charge in [0.2, 0.25) is 5.91 Å². The summed E-state index contributed by atoms with van der Waals surface area (Å²) in [4.78, 5) is 12.0. The highest BCUT2D eigenvalue weighted by Gasteiger charge is 2.32. The normalized spacial score (nSPS) is 20.5. The van der Waals surface area contributed by atoms with Crippen molar-refractivity contribution in [2.45, 2.75) is 39.2 Å². The van der Waals surface area contributed by atoms with Crippen molar-refractivity contribution < 1.29 is 13.2 Å². The maximum atomic E-state index is 12.0. The van der Waals surface area contributed by atoms with Gasteiger partial charge >= 0.3 is 0 Å². The molecule has 0 aromatic heterocycles. The molecule has 7 heteroatoms. The molecule has 1 aliphatic heterocycles. The molecule has 6 nitrogen and oxygen atoms in total. The fourth-order valence-electron chi connectivity index (χ4n) is 2.04. The summed E-state index contributed by atoms with van der Waals surface area (Å²) < 4.78 is 26.5. The van der Waals surface area contributed by atoms with E-state index in [4.69, 9.17) is 0 Å². The average molecular weight is 291 g/mol. The van der Waals surface area contributed by atoms with Crippen molar-refractivity contribution in [2.24, 2.45) is 5.92 Å². The number of nitrogens with zero attached hydrogens (tertiary/aromatic N) is 2. The number of hydrogen-bond acceptors (Lipinski definition) is 3. The molecule has 1 aliphatic rings. The average Bonchev–Trinajstić information content (AvgIpc) is 2.38. The predicted molar refractivity (Wildman–Crippen MR) is 74.8 cm³/mol. The van der Waals surface area contributed by atoms with E-state index in [1.807, 2.05) is 13.8 Å². The minimum Gasteiger partial charge on any atom is -0.353 e. The number of carbonyl (C=O) groups is 1. The zero-order chi connectivity index (χ0) is 14.6. The lowest BCUT2D eigenvalue weighted by molar-refractivity contribution is -0.126. The second kappa shape index (κ2) is 6.67. The summed E-state index contributed by atoms with van der Waals surface area (Å²) in [6, 6.07) is 0.177. The largest absolute Gasteiger partial charge is 0.353 e. The molecule has 0 spiro atoms. The lowest BCUT2D eigenvalue weighted by Gasteiger charge is -2.32. The zero-order valence-corrected chi connectivity index (χ0v) is 13.0. The second-order valence-corrected chi connectivity index (χ2v) is 7.42. The van der Waals surface area contributed by atoms with Crippen molar-refractivity contribution in [3.63, 3.8) is 0 Å². The standard InChI is InChI=1S/C12H25N3O3S/c1-5-10(2)13-12(16)11-6-8-15(9-7-11)19(17,18)14(3)4/h10-11H,5-9H2,1-4H3,(H,13,16). The van der Waals surface area contributed by atoms with Crippen LogP contribution in [0.5, 0.6) is 0 Å². The molecule has 0 saturated carbocycles. The van der Waals surface area contributed by atoms with Gasteiger partial charge < -0.3 is 5.32 Å². The van der Waals surface area contributed by atoms with Gasteiger partial charge in [-0.05, 0) is 26.2 Å². The molecule has 0 radical (unpaired) electrons. The quantitative estimate of drug-likeness (QED) is 0.798. The van der Waals surface area contributed by atoms with Crippen LogP contribution in [-0.2, 0) is 15.0 Å². The summed E-state index contributed by atoms with van der Waals surface area (Å²) >= 11 is 0. The van der Waals surface area contributed by atoms with Crippen LogP contribution >= 0.6 is 0 Å². The molecule has 0 aromatic rings. The molecular weight excluding hydrogens is 266 g/mol. The molecule has 19 heavy (non-hydrogen) atoms. The van der Waals surface area contributed by atoms with E-state index < -0.39 is 10.2 Å². The van der Waals surface area contributed by atoms with E-state index in [2.05, 4.69) is 5.32 Å². The van der Waals surface area contributed by atoms with E-state index in [0.717, 1.165) is 6.42 Å². The highest BCUT2D eigenvalue weighted by atomic mass is 32.2. The van der Waals surface area contributed by atoms with Crippen molar-refractivity contribution in [2.75, 3.05) is 27.2 Å². The van der Waals surface area contributed by atoms with Gasteiger partial charge in [0.05, 0.1) is 0 Å². The Morgan fingerprint density at radius 2 is 1.89 bits per heavy atom. The first kappa shape index (κ1) is 16.4. The fourth-order valence-corrected chi connectivity index (χ4v) is 3.18. The number of amides is 1. The zero-order valence-electron chi connectivity index (χ0n) is 12.2. The smallest absolute Gasteiger partial charge is 0.281 e. The first-order valence-corrected chi connectivity index (χ1v) is 8.16. The van der Waals surface area contributed by atoms with Crippen molar-refractivity contribution in [1.29, 1.82) is 0 Å². The molecule has 1 atom stereocenters. The van der Waals surface area contributed by atoms with Crippen LogP contribution < -0.4 is 5.32 Å². The molecule has 1 rings (SSSR count). The van der Waals surface area contributed by atoms with Crippen LogP contribution in [0.3, 0.4) is 0 Å². The van der Waals surface area contributed by atoms with Crippen LogP contribution in [0.1, 0.15) is 33.1 Å². The van der Waals surface area contributed by atoms with Gasteiger partial charge in [-0.15, -0.1) is 0 Å². The third-order valence-electron chi connectivity index (χ3n) is 3.61. The maximum Gasteiger partial charge on any atom is 0.281 e. The second-order valence-electron chi connectivity index (χ2n) is 5.28. The number of nitrogens with one attached hydrogen (secondary N) is 1. The van der Waals surface area contributed by atoms with Gasteiger partial charge in [-0.1, -0.05) is 6.92 Å². The van der Waals surface area contributed by atoms with Gasteiger partial charge in [0.15, 0.2) is 0 Å². The lowest BCUT2D eigenvalue weighted by Crippen LogP contribution is -2.47. The van der Waals surface area contributed by atoms with Crippen LogP contribution in [0.15, 0.2) is 0 Å². The van der Waals surface area contributed by atoms with E-state index in [1.54, 1.807) is 0 Å². The number of hydrogen-bond donors (Lipinski definition) is 1. The molecule has 1 saturated heterocycles. The highest BCUT2D eigenvalue weighted by Crippen LogP contribution is 2.20. The molecule has 1 fully saturated rings. The van der Waals surface area contributed by atoms with Crippen LogP contribution in [0.2, 0.25) is 0 Å². The van der Waals surface area contributed by atoms with Crippen LogP contribution in [0.4, 0.5) is 0 Å². The Morgan fingerprint density at radius 3 is 2.32 bits per heavy atom. The number of piperidine rings is 1. The van der Waals surface area contributed by atoms with Crippen LogP contribution in [-0.4, -0.2) is 56.2 Å². The van der Waals surface area contributed by atoms with Crippen molar-refractivity contribution in [3.8, 4) is 0 Å². The van der Waals surface area contributed by atoms with Gasteiger partial charge in [-0.25, -0.2) is 0 Å². The molecule has 1 unspecified atom stereocenters. The van der Waals surface area contributed by atoms with E-state index in [0.29, 0.717) is 25.9 Å². The molecule has 1 N–H and O–H groups in total. The van der Waals surface area contributed by atoms with Crippen LogP contribution in [0.25, 0.3) is 0 Å². The lowest BCUT2D eigenvalue weighted by atomic mass is 9.97. The fraction of sp³-hybridized carbons (Fsp3) is 0.917. The number of carbonyl (C=O) groups excluding carboxylic acids is 1. The summed E-state index contributed by atoms with van der Waals surface area (Å²) in [6.45, 7) is 4.83. The van der Waals surface area contributed by atoms with E-state index in [9.17, 15) is 13.2 Å². The summed E-state index contributed by atoms with van der Waals surface area (Å²) in [5.41, 5.74) is 0. The van der Waals surface area contributed by atoms with Gasteiger partial charge in [-0.3, -0.25) is 4.79 Å². The predicted octanol–water partition coefficient (Wildman–Crippen LogP) is 0.420. The Labute approximate surface area is 116 Å². The summed E-state index contributed by atoms with van der Waals surface area (Å²) in [5.74, 6) is -0.0149. The SMILES string of the molecule is CCC(C)NC(=O)C1CCN(S(=O)(=O)N(C)C)CC1. The molecule has 0 aliphatic carbocycles. The van der Waals surface area contributed by atoms with Gasteiger partial charge in [0.25, 0.3) is 10.2 Å². The Bertz CT molecular complexity index is 400. The van der Waals surface area contributed by atoms with Crippen molar-refractivity contribution >= 4 is 16.1 Å². The minimum absolute atomic E-state index is 0.0521. The molecular formula is C12H25N3O3S. The summed E-state index contributed by atoms with van der Waals surface area (Å²) in [5, 5.41) is 2.96. The molecule has 1 heterocycles. The molecule has 0 aromatic carbocycles. The van der Waals surface area contributed by atoms with Gasteiger partial charge in [-0.2, -0.15) is 17.0 Å². The van der Waals surface area contributed by atoms with Gasteiger partial charge in [0, 0.05) is 39.1 Å². The highest BCUT2D eigenvalue weighted by molar-refractivity contribution is 7.86. The first-order chi connectivity index (χ1) is 8.78. The molecule has 112 valence electrons. The van der Waals surface area contributed by atoms with E-state index >= 15 is 0 Å². The topological polar surface area (TPSA) is 69.7 Å². The first-order valence-electron chi connectivity index (χ1n) is 6.77. The summed E-state index contributed by atoms with van der Waals surface area (Å²) in [7, 11) is -0.292. The Hall–Kier alpha value is -0.660. The monoisotopic (exact) mass is 291 g/mol. The van der Waals surface area contributed by atoms with Crippen LogP contribution in [0, 0.1) is 5.92 Å². The molecule has 1 amide bonds.